The summed E-state index contributed by atoms with van der Waals surface area (Å²) in [4.78, 5) is 27.9. The van der Waals surface area contributed by atoms with Crippen molar-refractivity contribution in [3.63, 3.8) is 0 Å². The van der Waals surface area contributed by atoms with Crippen LogP contribution in [0.5, 0.6) is 0 Å². The quantitative estimate of drug-likeness (QED) is 0.607. The number of anilines is 2. The van der Waals surface area contributed by atoms with E-state index in [9.17, 15) is 14.9 Å². The van der Waals surface area contributed by atoms with Gasteiger partial charge in [0.15, 0.2) is 0 Å². The summed E-state index contributed by atoms with van der Waals surface area (Å²) in [6.07, 6.45) is 4.35. The molecule has 1 aliphatic carbocycles. The van der Waals surface area contributed by atoms with Gasteiger partial charge in [0.1, 0.15) is 11.5 Å². The summed E-state index contributed by atoms with van der Waals surface area (Å²) in [5.74, 6) is -2.35. The monoisotopic (exact) mass is 472 g/mol. The Morgan fingerprint density at radius 1 is 1.00 bits per heavy atom. The number of esters is 2. The molecule has 2 aliphatic rings. The van der Waals surface area contributed by atoms with Crippen molar-refractivity contribution in [1.82, 2.24) is 0 Å². The molecule has 1 saturated carbocycles. The molecule has 0 aromatic heterocycles. The number of methoxy groups -OCH3 is 2. The van der Waals surface area contributed by atoms with Crippen LogP contribution in [-0.2, 0) is 19.1 Å². The molecule has 1 atom stereocenters. The number of nitrogens with one attached hydrogen (secondary N) is 1. The molecule has 0 spiro atoms. The summed E-state index contributed by atoms with van der Waals surface area (Å²) < 4.78 is 10.2. The summed E-state index contributed by atoms with van der Waals surface area (Å²) in [6, 6.07) is 18.8. The number of carbonyl (C=O) groups excluding carboxylic acids is 2. The van der Waals surface area contributed by atoms with Crippen molar-refractivity contribution in [2.45, 2.75) is 37.6 Å². The Morgan fingerprint density at radius 3 is 2.26 bits per heavy atom. The number of rotatable bonds is 6. The second-order valence-corrected chi connectivity index (χ2v) is 8.48. The lowest BCUT2D eigenvalue weighted by Gasteiger charge is -2.37. The number of carbonyl (C=O) groups is 2. The largest absolute Gasteiger partial charge is 0.466 e. The molecule has 0 amide bonds. The van der Waals surface area contributed by atoms with E-state index in [1.54, 1.807) is 30.3 Å². The maximum absolute atomic E-state index is 13.2. The Morgan fingerprint density at radius 2 is 1.63 bits per heavy atom. The third-order valence-electron chi connectivity index (χ3n) is 6.47. The highest BCUT2D eigenvalue weighted by atomic mass is 16.5. The molecule has 1 unspecified atom stereocenters. The van der Waals surface area contributed by atoms with Gasteiger partial charge in [-0.2, -0.15) is 5.26 Å². The minimum atomic E-state index is -0.894. The van der Waals surface area contributed by atoms with Gasteiger partial charge in [0.25, 0.3) is 0 Å². The van der Waals surface area contributed by atoms with E-state index in [1.807, 2.05) is 24.3 Å². The number of benzene rings is 2. The topological polar surface area (TPSA) is 118 Å². The van der Waals surface area contributed by atoms with Crippen molar-refractivity contribution in [1.29, 1.82) is 5.26 Å². The maximum Gasteiger partial charge on any atom is 0.355 e. The molecule has 3 N–H and O–H groups in total. The molecule has 2 aromatic rings. The molecule has 1 aliphatic heterocycles. The molecule has 8 nitrogen and oxygen atoms in total. The fourth-order valence-electron chi connectivity index (χ4n) is 4.84. The zero-order chi connectivity index (χ0) is 24.9. The standard InChI is InChI=1S/C27H28N4O4/c1-34-26(32)23-22(17-10-4-3-5-11-17)19(16-28)25(29)31(24(23)27(33)35-2)21-15-9-8-14-20(21)30-18-12-6-7-13-18/h3-5,8-11,14-15,18,22,30H,6-7,12-13,29H2,1-2H3. The number of nitrogens with zero attached hydrogens (tertiary/aromatic N) is 2. The van der Waals surface area contributed by atoms with Crippen LogP contribution in [0.25, 0.3) is 0 Å². The average Bonchev–Trinajstić information content (AvgIpc) is 3.41. The van der Waals surface area contributed by atoms with Gasteiger partial charge in [0.2, 0.25) is 0 Å². The molecule has 0 radical (unpaired) electrons. The van der Waals surface area contributed by atoms with Crippen molar-refractivity contribution in [2.75, 3.05) is 24.4 Å². The van der Waals surface area contributed by atoms with Gasteiger partial charge in [-0.3, -0.25) is 4.90 Å². The van der Waals surface area contributed by atoms with Gasteiger partial charge in [-0.1, -0.05) is 55.3 Å². The third kappa shape index (κ3) is 4.45. The van der Waals surface area contributed by atoms with E-state index >= 15 is 0 Å². The fourth-order valence-corrected chi connectivity index (χ4v) is 4.84. The van der Waals surface area contributed by atoms with Gasteiger partial charge < -0.3 is 20.5 Å². The normalized spacial score (nSPS) is 18.3. The Kier molecular flexibility index (Phi) is 7.06. The lowest BCUT2D eigenvalue weighted by molar-refractivity contribution is -0.139. The van der Waals surface area contributed by atoms with Crippen LogP contribution in [-0.4, -0.2) is 32.2 Å². The number of hydrogen-bond acceptors (Lipinski definition) is 8. The highest BCUT2D eigenvalue weighted by molar-refractivity contribution is 6.07. The minimum Gasteiger partial charge on any atom is -0.466 e. The van der Waals surface area contributed by atoms with Crippen LogP contribution in [0, 0.1) is 11.3 Å². The summed E-state index contributed by atoms with van der Waals surface area (Å²) >= 11 is 0. The Balaban J connectivity index is 1.99. The van der Waals surface area contributed by atoms with E-state index in [2.05, 4.69) is 11.4 Å². The molecule has 8 heteroatoms. The van der Waals surface area contributed by atoms with Crippen LogP contribution in [0.3, 0.4) is 0 Å². The summed E-state index contributed by atoms with van der Waals surface area (Å²) in [5.41, 5.74) is 8.58. The number of hydrogen-bond donors (Lipinski definition) is 2. The number of nitriles is 1. The first-order chi connectivity index (χ1) is 17.0. The molecule has 35 heavy (non-hydrogen) atoms. The van der Waals surface area contributed by atoms with E-state index in [4.69, 9.17) is 15.2 Å². The number of allylic oxidation sites excluding steroid dienone is 1. The van der Waals surface area contributed by atoms with E-state index < -0.39 is 17.9 Å². The molecule has 4 rings (SSSR count). The van der Waals surface area contributed by atoms with Gasteiger partial charge in [0, 0.05) is 6.04 Å². The van der Waals surface area contributed by atoms with Gasteiger partial charge in [0.05, 0.1) is 48.7 Å². The second kappa shape index (κ2) is 10.3. The highest BCUT2D eigenvalue weighted by Gasteiger charge is 2.43. The van der Waals surface area contributed by atoms with Gasteiger partial charge >= 0.3 is 11.9 Å². The van der Waals surface area contributed by atoms with Gasteiger partial charge in [-0.15, -0.1) is 0 Å². The van der Waals surface area contributed by atoms with E-state index in [0.29, 0.717) is 11.3 Å². The van der Waals surface area contributed by atoms with E-state index in [0.717, 1.165) is 31.4 Å². The first-order valence-corrected chi connectivity index (χ1v) is 11.5. The fraction of sp³-hybridized carbons (Fsp3) is 0.296. The average molecular weight is 473 g/mol. The number of nitrogens with two attached hydrogens (primary N) is 1. The lowest BCUT2D eigenvalue weighted by Crippen LogP contribution is -2.41. The summed E-state index contributed by atoms with van der Waals surface area (Å²) in [7, 11) is 2.47. The highest BCUT2D eigenvalue weighted by Crippen LogP contribution is 2.45. The predicted molar refractivity (Wildman–Crippen MR) is 132 cm³/mol. The van der Waals surface area contributed by atoms with Crippen molar-refractivity contribution in [2.24, 2.45) is 5.73 Å². The van der Waals surface area contributed by atoms with Gasteiger partial charge in [-0.25, -0.2) is 9.59 Å². The number of ether oxygens (including phenoxy) is 2. The first-order valence-electron chi connectivity index (χ1n) is 11.5. The van der Waals surface area contributed by atoms with E-state index in [1.165, 1.54) is 19.1 Å². The molecule has 2 aromatic carbocycles. The summed E-state index contributed by atoms with van der Waals surface area (Å²) in [5, 5.41) is 13.7. The zero-order valence-corrected chi connectivity index (χ0v) is 19.8. The Bertz CT molecular complexity index is 1220. The maximum atomic E-state index is 13.2. The van der Waals surface area contributed by atoms with Crippen LogP contribution in [0.2, 0.25) is 0 Å². The van der Waals surface area contributed by atoms with E-state index in [-0.39, 0.29) is 28.7 Å². The Hall–Kier alpha value is -4.25. The number of para-hydroxylation sites is 2. The Labute approximate surface area is 204 Å². The SMILES string of the molecule is COC(=O)C1=C(C(=O)OC)N(c2ccccc2NC2CCCC2)C(N)=C(C#N)C1c1ccccc1. The van der Waals surface area contributed by atoms with Crippen molar-refractivity contribution >= 4 is 23.3 Å². The molecular formula is C27H28N4O4. The molecule has 180 valence electrons. The van der Waals surface area contributed by atoms with Crippen LogP contribution in [0.1, 0.15) is 37.2 Å². The molecule has 1 fully saturated rings. The van der Waals surface area contributed by atoms with Crippen molar-refractivity contribution in [3.05, 3.63) is 82.8 Å². The third-order valence-corrected chi connectivity index (χ3v) is 6.47. The second-order valence-electron chi connectivity index (χ2n) is 8.48. The predicted octanol–water partition coefficient (Wildman–Crippen LogP) is 3.94. The summed E-state index contributed by atoms with van der Waals surface area (Å²) in [6.45, 7) is 0. The van der Waals surface area contributed by atoms with Crippen LogP contribution in [0.4, 0.5) is 11.4 Å². The molecule has 0 saturated heterocycles. The molecule has 0 bridgehead atoms. The minimum absolute atomic E-state index is 0.00744. The first kappa shape index (κ1) is 23.9. The molecule has 1 heterocycles. The molecular weight excluding hydrogens is 444 g/mol. The van der Waals surface area contributed by atoms with Crippen LogP contribution >= 0.6 is 0 Å². The van der Waals surface area contributed by atoms with Crippen LogP contribution < -0.4 is 16.0 Å². The van der Waals surface area contributed by atoms with Gasteiger partial charge in [-0.05, 0) is 30.5 Å². The lowest BCUT2D eigenvalue weighted by atomic mass is 9.81. The zero-order valence-electron chi connectivity index (χ0n) is 19.8. The van der Waals surface area contributed by atoms with Crippen molar-refractivity contribution in [3.8, 4) is 6.07 Å². The smallest absolute Gasteiger partial charge is 0.355 e. The van der Waals surface area contributed by atoms with Crippen molar-refractivity contribution < 1.29 is 19.1 Å². The van der Waals surface area contributed by atoms with Crippen LogP contribution in [0.15, 0.2) is 77.3 Å².